The Kier molecular flexibility index (Phi) is 5.34. The van der Waals surface area contributed by atoms with Gasteiger partial charge in [-0.05, 0) is 13.8 Å². The molecule has 0 aliphatic rings. The first-order valence-electron chi connectivity index (χ1n) is 3.82. The summed E-state index contributed by atoms with van der Waals surface area (Å²) in [5.41, 5.74) is 0. The molecule has 5 heteroatoms. The van der Waals surface area contributed by atoms with Gasteiger partial charge in [0.15, 0.2) is 4.88 Å². The van der Waals surface area contributed by atoms with Gasteiger partial charge in [-0.3, -0.25) is 0 Å². The molecule has 0 aliphatic heterocycles. The Morgan fingerprint density at radius 2 is 2.21 bits per heavy atom. The number of nitrogens with zero attached hydrogens (tertiary/aromatic N) is 1. The number of aromatic nitrogens is 1. The minimum absolute atomic E-state index is 0.175. The zero-order valence-electron chi connectivity index (χ0n) is 7.98. The first-order valence-corrected chi connectivity index (χ1v) is 4.63. The van der Waals surface area contributed by atoms with Crippen LogP contribution in [0.1, 0.15) is 21.6 Å². The minimum Gasteiger partial charge on any atom is -0.492 e. The lowest BCUT2D eigenvalue weighted by atomic mass is 10.5. The van der Waals surface area contributed by atoms with Crippen LogP contribution in [-0.4, -0.2) is 22.7 Å². The molecule has 0 spiro atoms. The van der Waals surface area contributed by atoms with Crippen molar-refractivity contribution in [3.8, 4) is 18.7 Å². The standard InChI is InChI=1S/C7H9NO3S.C2H2/c1-3-11-7(10)5-6(9)8-4(2)12-5;1-2/h9H,3H2,1-2H3;1-2H. The summed E-state index contributed by atoms with van der Waals surface area (Å²) in [7, 11) is 0. The van der Waals surface area contributed by atoms with Crippen molar-refractivity contribution in [2.45, 2.75) is 13.8 Å². The normalized spacial score (nSPS) is 8.57. The number of terminal acetylenes is 1. The molecule has 1 heterocycles. The van der Waals surface area contributed by atoms with Crippen molar-refractivity contribution in [1.29, 1.82) is 0 Å². The summed E-state index contributed by atoms with van der Waals surface area (Å²) in [5, 5.41) is 9.78. The predicted molar refractivity (Wildman–Crippen MR) is 54.4 cm³/mol. The Morgan fingerprint density at radius 3 is 2.57 bits per heavy atom. The lowest BCUT2D eigenvalue weighted by Gasteiger charge is -1.96. The van der Waals surface area contributed by atoms with Crippen LogP contribution in [0.15, 0.2) is 0 Å². The molecule has 4 nitrogen and oxygen atoms in total. The number of hydrogen-bond acceptors (Lipinski definition) is 5. The molecule has 1 aromatic rings. The average Bonchev–Trinajstić information content (AvgIpc) is 2.49. The van der Waals surface area contributed by atoms with Gasteiger partial charge in [0.2, 0.25) is 5.88 Å². The molecule has 76 valence electrons. The maximum absolute atomic E-state index is 11.1. The first-order chi connectivity index (χ1) is 6.65. The Hall–Kier alpha value is -1.54. The van der Waals surface area contributed by atoms with E-state index in [1.807, 2.05) is 0 Å². The van der Waals surface area contributed by atoms with E-state index in [0.29, 0.717) is 11.6 Å². The number of aromatic hydroxyl groups is 1. The summed E-state index contributed by atoms with van der Waals surface area (Å²) in [6.07, 6.45) is 8.00. The summed E-state index contributed by atoms with van der Waals surface area (Å²) in [6, 6.07) is 0. The van der Waals surface area contributed by atoms with Crippen LogP contribution in [-0.2, 0) is 4.74 Å². The number of ether oxygens (including phenoxy) is 1. The molecule has 0 bridgehead atoms. The van der Waals surface area contributed by atoms with Crippen molar-refractivity contribution in [1.82, 2.24) is 4.98 Å². The summed E-state index contributed by atoms with van der Waals surface area (Å²) >= 11 is 1.13. The van der Waals surface area contributed by atoms with Crippen LogP contribution < -0.4 is 0 Å². The quantitative estimate of drug-likeness (QED) is 0.598. The Morgan fingerprint density at radius 1 is 1.64 bits per heavy atom. The van der Waals surface area contributed by atoms with Gasteiger partial charge in [-0.25, -0.2) is 9.78 Å². The van der Waals surface area contributed by atoms with E-state index in [0.717, 1.165) is 11.3 Å². The van der Waals surface area contributed by atoms with Crippen LogP contribution >= 0.6 is 11.3 Å². The van der Waals surface area contributed by atoms with E-state index >= 15 is 0 Å². The van der Waals surface area contributed by atoms with Crippen LogP contribution in [0.5, 0.6) is 5.88 Å². The lowest BCUT2D eigenvalue weighted by molar-refractivity contribution is 0.0528. The van der Waals surface area contributed by atoms with Crippen LogP contribution in [0.25, 0.3) is 0 Å². The van der Waals surface area contributed by atoms with Crippen LogP contribution in [0.2, 0.25) is 0 Å². The SMILES string of the molecule is C#C.CCOC(=O)c1sc(C)nc1O. The van der Waals surface area contributed by atoms with Crippen molar-refractivity contribution in [3.05, 3.63) is 9.88 Å². The molecule has 0 saturated carbocycles. The Labute approximate surface area is 86.6 Å². The molecular weight excluding hydrogens is 202 g/mol. The van der Waals surface area contributed by atoms with Crippen molar-refractivity contribution in [2.75, 3.05) is 6.61 Å². The summed E-state index contributed by atoms with van der Waals surface area (Å²) in [4.78, 5) is 14.9. The highest BCUT2D eigenvalue weighted by atomic mass is 32.1. The maximum Gasteiger partial charge on any atom is 0.353 e. The summed E-state index contributed by atoms with van der Waals surface area (Å²) < 4.78 is 4.69. The van der Waals surface area contributed by atoms with Crippen molar-refractivity contribution >= 4 is 17.3 Å². The lowest BCUT2D eigenvalue weighted by Crippen LogP contribution is -2.02. The molecule has 14 heavy (non-hydrogen) atoms. The van der Waals surface area contributed by atoms with E-state index in [2.05, 4.69) is 17.8 Å². The molecule has 0 fully saturated rings. The molecular formula is C9H11NO3S. The van der Waals surface area contributed by atoms with Crippen LogP contribution in [0.3, 0.4) is 0 Å². The molecule has 0 atom stereocenters. The van der Waals surface area contributed by atoms with Gasteiger partial charge in [0, 0.05) is 0 Å². The monoisotopic (exact) mass is 213 g/mol. The molecule has 0 aromatic carbocycles. The molecule has 0 unspecified atom stereocenters. The van der Waals surface area contributed by atoms with Gasteiger partial charge in [-0.15, -0.1) is 24.2 Å². The number of esters is 1. The third kappa shape index (κ3) is 3.07. The third-order valence-electron chi connectivity index (χ3n) is 1.18. The maximum atomic E-state index is 11.1. The fourth-order valence-electron chi connectivity index (χ4n) is 0.746. The van der Waals surface area contributed by atoms with Crippen LogP contribution in [0, 0.1) is 19.8 Å². The number of thiazole rings is 1. The van der Waals surface area contributed by atoms with Crippen LogP contribution in [0.4, 0.5) is 0 Å². The number of carbonyl (C=O) groups is 1. The second-order valence-corrected chi connectivity index (χ2v) is 3.31. The molecule has 0 amide bonds. The second-order valence-electron chi connectivity index (χ2n) is 2.11. The second kappa shape index (κ2) is 6.00. The van der Waals surface area contributed by atoms with E-state index in [4.69, 9.17) is 9.84 Å². The largest absolute Gasteiger partial charge is 0.492 e. The van der Waals surface area contributed by atoms with Gasteiger partial charge in [0.05, 0.1) is 11.6 Å². The number of carbonyl (C=O) groups excluding carboxylic acids is 1. The van der Waals surface area contributed by atoms with Crippen molar-refractivity contribution in [3.63, 3.8) is 0 Å². The van der Waals surface area contributed by atoms with Gasteiger partial charge in [0.25, 0.3) is 0 Å². The van der Waals surface area contributed by atoms with E-state index in [-0.39, 0.29) is 10.8 Å². The van der Waals surface area contributed by atoms with Gasteiger partial charge < -0.3 is 9.84 Å². The predicted octanol–water partition coefficient (Wildman–Crippen LogP) is 1.58. The van der Waals surface area contributed by atoms with Gasteiger partial charge in [0.1, 0.15) is 0 Å². The van der Waals surface area contributed by atoms with Crippen molar-refractivity contribution < 1.29 is 14.6 Å². The van der Waals surface area contributed by atoms with Gasteiger partial charge in [-0.1, -0.05) is 0 Å². The molecule has 0 radical (unpaired) electrons. The third-order valence-corrected chi connectivity index (χ3v) is 2.12. The highest BCUT2D eigenvalue weighted by Gasteiger charge is 2.16. The van der Waals surface area contributed by atoms with E-state index in [1.165, 1.54) is 0 Å². The molecule has 0 aliphatic carbocycles. The van der Waals surface area contributed by atoms with Gasteiger partial charge in [-0.2, -0.15) is 0 Å². The smallest absolute Gasteiger partial charge is 0.353 e. The highest BCUT2D eigenvalue weighted by Crippen LogP contribution is 2.23. The van der Waals surface area contributed by atoms with E-state index in [9.17, 15) is 4.79 Å². The van der Waals surface area contributed by atoms with E-state index in [1.54, 1.807) is 13.8 Å². The summed E-state index contributed by atoms with van der Waals surface area (Å²) in [5.74, 6) is -0.753. The average molecular weight is 213 g/mol. The molecule has 0 saturated heterocycles. The zero-order valence-corrected chi connectivity index (χ0v) is 8.80. The first kappa shape index (κ1) is 12.5. The number of aryl methyl sites for hydroxylation is 1. The number of rotatable bonds is 2. The highest BCUT2D eigenvalue weighted by molar-refractivity contribution is 7.13. The minimum atomic E-state index is -0.513. The fraction of sp³-hybridized carbons (Fsp3) is 0.333. The topological polar surface area (TPSA) is 59.4 Å². The van der Waals surface area contributed by atoms with Crippen molar-refractivity contribution in [2.24, 2.45) is 0 Å². The molecule has 1 aromatic heterocycles. The Balaban J connectivity index is 0.000000791. The molecule has 1 N–H and O–H groups in total. The fourth-order valence-corrected chi connectivity index (χ4v) is 1.45. The van der Waals surface area contributed by atoms with E-state index < -0.39 is 5.97 Å². The number of hydrogen-bond donors (Lipinski definition) is 1. The Bertz CT molecular complexity index is 330. The zero-order chi connectivity index (χ0) is 11.1. The molecule has 1 rings (SSSR count). The summed E-state index contributed by atoms with van der Waals surface area (Å²) in [6.45, 7) is 3.73. The van der Waals surface area contributed by atoms with Gasteiger partial charge >= 0.3 is 5.97 Å².